The molecule has 1 fully saturated rings. The van der Waals surface area contributed by atoms with E-state index >= 15 is 0 Å². The molecule has 9 nitrogen and oxygen atoms in total. The van der Waals surface area contributed by atoms with Crippen LogP contribution in [-0.4, -0.2) is 37.2 Å². The van der Waals surface area contributed by atoms with Gasteiger partial charge in [0.1, 0.15) is 5.82 Å². The van der Waals surface area contributed by atoms with Crippen LogP contribution in [0.25, 0.3) is 0 Å². The molecule has 150 valence electrons. The van der Waals surface area contributed by atoms with Crippen molar-refractivity contribution in [2.45, 2.75) is 24.3 Å². The maximum atomic E-state index is 12.6. The third-order valence-electron chi connectivity index (χ3n) is 4.78. The number of nitrogens with zero attached hydrogens (tertiary/aromatic N) is 3. The summed E-state index contributed by atoms with van der Waals surface area (Å²) in [6, 6.07) is 9.24. The Morgan fingerprint density at radius 3 is 2.61 bits per heavy atom. The molecule has 28 heavy (non-hydrogen) atoms. The molecule has 3 rings (SSSR count). The summed E-state index contributed by atoms with van der Waals surface area (Å²) in [6.07, 6.45) is 1.63. The third-order valence-corrected chi connectivity index (χ3v) is 5.71. The van der Waals surface area contributed by atoms with Crippen molar-refractivity contribution in [1.29, 1.82) is 0 Å². The van der Waals surface area contributed by atoms with Gasteiger partial charge in [-0.25, -0.2) is 18.2 Å². The fraction of sp³-hybridized carbons (Fsp3) is 0.389. The predicted octanol–water partition coefficient (Wildman–Crippen LogP) is -0.0395. The quantitative estimate of drug-likeness (QED) is 0.719. The van der Waals surface area contributed by atoms with E-state index in [9.17, 15) is 18.0 Å². The van der Waals surface area contributed by atoms with Crippen LogP contribution in [0.15, 0.2) is 46.1 Å². The Labute approximate surface area is 163 Å². The molecule has 0 saturated carbocycles. The van der Waals surface area contributed by atoms with Gasteiger partial charge in [0.25, 0.3) is 5.56 Å². The summed E-state index contributed by atoms with van der Waals surface area (Å²) >= 11 is 0. The normalized spacial score (nSPS) is 17.4. The summed E-state index contributed by atoms with van der Waals surface area (Å²) in [6.45, 7) is 1.61. The number of piperidine rings is 1. The molecule has 0 radical (unpaired) electrons. The standard InChI is InChI=1S/C18H23N5O4S/c1-22-17(24)9-8-16(21-22)23-10-2-3-14(12-23)18(25)20-11-13-4-6-15(7-5-13)28(19,26)27/h4-9,14H,2-3,10-12H2,1H3,(H,20,25)(H2,19,26,27)/t14-/m1/s1. The van der Waals surface area contributed by atoms with Crippen LogP contribution in [0.4, 0.5) is 5.82 Å². The van der Waals surface area contributed by atoms with Gasteiger partial charge in [0.2, 0.25) is 15.9 Å². The summed E-state index contributed by atoms with van der Waals surface area (Å²) in [7, 11) is -2.13. The first-order valence-electron chi connectivity index (χ1n) is 8.93. The highest BCUT2D eigenvalue weighted by Crippen LogP contribution is 2.21. The van der Waals surface area contributed by atoms with Gasteiger partial charge in [0.05, 0.1) is 10.8 Å². The molecule has 1 amide bonds. The van der Waals surface area contributed by atoms with Crippen molar-refractivity contribution in [3.63, 3.8) is 0 Å². The van der Waals surface area contributed by atoms with Crippen molar-refractivity contribution in [3.05, 3.63) is 52.3 Å². The maximum absolute atomic E-state index is 12.6. The van der Waals surface area contributed by atoms with Crippen molar-refractivity contribution in [2.24, 2.45) is 18.1 Å². The van der Waals surface area contributed by atoms with Gasteiger partial charge in [-0.3, -0.25) is 9.59 Å². The maximum Gasteiger partial charge on any atom is 0.266 e. The van der Waals surface area contributed by atoms with E-state index in [1.165, 1.54) is 22.9 Å². The lowest BCUT2D eigenvalue weighted by Gasteiger charge is -2.32. The van der Waals surface area contributed by atoms with Crippen molar-refractivity contribution < 1.29 is 13.2 Å². The number of nitrogens with two attached hydrogens (primary N) is 1. The summed E-state index contributed by atoms with van der Waals surface area (Å²) in [4.78, 5) is 26.1. The first-order chi connectivity index (χ1) is 13.2. The van der Waals surface area contributed by atoms with Gasteiger partial charge >= 0.3 is 0 Å². The fourth-order valence-corrected chi connectivity index (χ4v) is 3.70. The van der Waals surface area contributed by atoms with E-state index in [0.29, 0.717) is 18.9 Å². The van der Waals surface area contributed by atoms with Crippen molar-refractivity contribution in [2.75, 3.05) is 18.0 Å². The lowest BCUT2D eigenvalue weighted by molar-refractivity contribution is -0.125. The number of primary sulfonamides is 1. The van der Waals surface area contributed by atoms with Crippen LogP contribution in [0.3, 0.4) is 0 Å². The molecule has 1 aromatic carbocycles. The molecule has 2 aromatic rings. The number of carbonyl (C=O) groups is 1. The Morgan fingerprint density at radius 2 is 1.96 bits per heavy atom. The predicted molar refractivity (Wildman–Crippen MR) is 104 cm³/mol. The molecule has 0 aliphatic carbocycles. The number of aryl methyl sites for hydroxylation is 1. The number of sulfonamides is 1. The molecule has 1 aromatic heterocycles. The van der Waals surface area contributed by atoms with E-state index in [1.807, 2.05) is 4.90 Å². The Balaban J connectivity index is 1.59. The number of hydrogen-bond donors (Lipinski definition) is 2. The largest absolute Gasteiger partial charge is 0.354 e. The molecule has 1 atom stereocenters. The number of amides is 1. The molecular weight excluding hydrogens is 382 g/mol. The summed E-state index contributed by atoms with van der Waals surface area (Å²) in [5.41, 5.74) is 0.608. The van der Waals surface area contributed by atoms with Crippen LogP contribution in [0.1, 0.15) is 18.4 Å². The summed E-state index contributed by atoms with van der Waals surface area (Å²) in [5, 5.41) is 12.2. The zero-order chi connectivity index (χ0) is 20.3. The molecule has 1 aliphatic rings. The first-order valence-corrected chi connectivity index (χ1v) is 10.5. The second-order valence-electron chi connectivity index (χ2n) is 6.85. The lowest BCUT2D eigenvalue weighted by atomic mass is 9.97. The van der Waals surface area contributed by atoms with Crippen LogP contribution in [0.5, 0.6) is 0 Å². The van der Waals surface area contributed by atoms with E-state index < -0.39 is 10.0 Å². The molecule has 0 spiro atoms. The number of hydrogen-bond acceptors (Lipinski definition) is 6. The van der Waals surface area contributed by atoms with Crippen molar-refractivity contribution in [1.82, 2.24) is 15.1 Å². The van der Waals surface area contributed by atoms with E-state index in [0.717, 1.165) is 24.9 Å². The minimum atomic E-state index is -3.73. The Morgan fingerprint density at radius 1 is 1.25 bits per heavy atom. The van der Waals surface area contributed by atoms with E-state index in [4.69, 9.17) is 5.14 Å². The van der Waals surface area contributed by atoms with Gasteiger partial charge in [-0.05, 0) is 36.6 Å². The molecule has 3 N–H and O–H groups in total. The first kappa shape index (κ1) is 20.0. The van der Waals surface area contributed by atoms with Crippen molar-refractivity contribution >= 4 is 21.7 Å². The topological polar surface area (TPSA) is 127 Å². The van der Waals surface area contributed by atoms with Crippen LogP contribution >= 0.6 is 0 Å². The van der Waals surface area contributed by atoms with Crippen molar-refractivity contribution in [3.8, 4) is 0 Å². The van der Waals surface area contributed by atoms with Crippen LogP contribution < -0.4 is 20.9 Å². The van der Waals surface area contributed by atoms with Crippen LogP contribution in [0, 0.1) is 5.92 Å². The number of rotatable bonds is 5. The number of carbonyl (C=O) groups excluding carboxylic acids is 1. The van der Waals surface area contributed by atoms with Gasteiger partial charge in [-0.2, -0.15) is 5.10 Å². The second-order valence-corrected chi connectivity index (χ2v) is 8.41. The summed E-state index contributed by atoms with van der Waals surface area (Å²) < 4.78 is 23.8. The van der Waals surface area contributed by atoms with E-state index in [-0.39, 0.29) is 22.3 Å². The highest BCUT2D eigenvalue weighted by atomic mass is 32.2. The second kappa shape index (κ2) is 8.11. The average Bonchev–Trinajstić information content (AvgIpc) is 2.68. The number of benzene rings is 1. The smallest absolute Gasteiger partial charge is 0.266 e. The van der Waals surface area contributed by atoms with Gasteiger partial charge in [0.15, 0.2) is 0 Å². The minimum absolute atomic E-state index is 0.0373. The Hall–Kier alpha value is -2.72. The molecule has 0 bridgehead atoms. The minimum Gasteiger partial charge on any atom is -0.354 e. The van der Waals surface area contributed by atoms with E-state index in [1.54, 1.807) is 25.2 Å². The SMILES string of the molecule is Cn1nc(N2CCC[C@@H](C(=O)NCc3ccc(S(N)(=O)=O)cc3)C2)ccc1=O. The van der Waals surface area contributed by atoms with Crippen LogP contribution in [0.2, 0.25) is 0 Å². The monoisotopic (exact) mass is 405 g/mol. The van der Waals surface area contributed by atoms with Gasteiger partial charge in [-0.15, -0.1) is 0 Å². The van der Waals surface area contributed by atoms with Gasteiger partial charge in [0, 0.05) is 32.7 Å². The zero-order valence-electron chi connectivity index (χ0n) is 15.5. The third kappa shape index (κ3) is 4.76. The molecule has 0 unspecified atom stereocenters. The fourth-order valence-electron chi connectivity index (χ4n) is 3.19. The molecule has 1 saturated heterocycles. The highest BCUT2D eigenvalue weighted by Gasteiger charge is 2.26. The number of anilines is 1. The Kier molecular flexibility index (Phi) is 5.80. The van der Waals surface area contributed by atoms with Gasteiger partial charge in [-0.1, -0.05) is 12.1 Å². The molecular formula is C18H23N5O4S. The molecule has 10 heteroatoms. The average molecular weight is 405 g/mol. The van der Waals surface area contributed by atoms with E-state index in [2.05, 4.69) is 10.4 Å². The Bertz CT molecular complexity index is 1020. The molecule has 1 aliphatic heterocycles. The summed E-state index contributed by atoms with van der Waals surface area (Å²) in [5.74, 6) is 0.430. The molecule has 2 heterocycles. The lowest BCUT2D eigenvalue weighted by Crippen LogP contribution is -2.43. The van der Waals surface area contributed by atoms with Gasteiger partial charge < -0.3 is 10.2 Å². The van der Waals surface area contributed by atoms with Crippen LogP contribution in [-0.2, 0) is 28.4 Å². The number of aromatic nitrogens is 2. The highest BCUT2D eigenvalue weighted by molar-refractivity contribution is 7.89. The number of nitrogens with one attached hydrogen (secondary N) is 1. The zero-order valence-corrected chi connectivity index (χ0v) is 16.4.